The summed E-state index contributed by atoms with van der Waals surface area (Å²) in [4.78, 5) is 4.09. The van der Waals surface area contributed by atoms with Gasteiger partial charge in [0.25, 0.3) is 0 Å². The van der Waals surface area contributed by atoms with Crippen molar-refractivity contribution in [1.82, 2.24) is 10.3 Å². The summed E-state index contributed by atoms with van der Waals surface area (Å²) in [5.74, 6) is 0.587. The van der Waals surface area contributed by atoms with E-state index in [2.05, 4.69) is 30.2 Å². The molecule has 0 amide bonds. The van der Waals surface area contributed by atoms with Gasteiger partial charge in [0, 0.05) is 25.0 Å². The van der Waals surface area contributed by atoms with E-state index in [0.717, 1.165) is 13.0 Å². The molecule has 1 heterocycles. The molecule has 3 heteroatoms. The minimum atomic E-state index is 0.418. The fourth-order valence-electron chi connectivity index (χ4n) is 1.54. The van der Waals surface area contributed by atoms with Crippen molar-refractivity contribution in [3.63, 3.8) is 0 Å². The fourth-order valence-corrected chi connectivity index (χ4v) is 1.54. The van der Waals surface area contributed by atoms with Crippen molar-refractivity contribution in [2.24, 2.45) is 11.7 Å². The number of rotatable bonds is 6. The van der Waals surface area contributed by atoms with Gasteiger partial charge in [-0.1, -0.05) is 19.9 Å². The highest BCUT2D eigenvalue weighted by molar-refractivity contribution is 5.08. The van der Waals surface area contributed by atoms with Gasteiger partial charge in [-0.15, -0.1) is 0 Å². The number of hydrogen-bond donors (Lipinski definition) is 2. The molecule has 0 saturated carbocycles. The Kier molecular flexibility index (Phi) is 5.29. The first-order valence-electron chi connectivity index (χ1n) is 5.56. The Balaban J connectivity index is 2.27. The van der Waals surface area contributed by atoms with Gasteiger partial charge >= 0.3 is 0 Å². The van der Waals surface area contributed by atoms with E-state index in [1.807, 2.05) is 12.3 Å². The number of nitrogens with zero attached hydrogens (tertiary/aromatic N) is 1. The SMILES string of the molecule is CC(C)C(CN)NCCc1cccnc1. The highest BCUT2D eigenvalue weighted by Gasteiger charge is 2.09. The Bertz CT molecular complexity index is 259. The molecule has 0 saturated heterocycles. The molecule has 15 heavy (non-hydrogen) atoms. The lowest BCUT2D eigenvalue weighted by Gasteiger charge is -2.20. The predicted octanol–water partition coefficient (Wildman–Crippen LogP) is 1.20. The Morgan fingerprint density at radius 3 is 2.80 bits per heavy atom. The predicted molar refractivity (Wildman–Crippen MR) is 63.6 cm³/mol. The zero-order valence-electron chi connectivity index (χ0n) is 9.61. The third-order valence-corrected chi connectivity index (χ3v) is 2.60. The van der Waals surface area contributed by atoms with Gasteiger partial charge in [0.15, 0.2) is 0 Å². The van der Waals surface area contributed by atoms with Crippen molar-refractivity contribution in [3.8, 4) is 0 Å². The van der Waals surface area contributed by atoms with Gasteiger partial charge in [-0.3, -0.25) is 4.98 Å². The second-order valence-electron chi connectivity index (χ2n) is 4.15. The molecule has 84 valence electrons. The molecule has 0 aliphatic rings. The molecule has 1 aromatic heterocycles. The monoisotopic (exact) mass is 207 g/mol. The van der Waals surface area contributed by atoms with Crippen LogP contribution in [0.1, 0.15) is 19.4 Å². The molecular formula is C12H21N3. The molecule has 3 N–H and O–H groups in total. The maximum Gasteiger partial charge on any atom is 0.0300 e. The second-order valence-corrected chi connectivity index (χ2v) is 4.15. The summed E-state index contributed by atoms with van der Waals surface area (Å²) < 4.78 is 0. The molecular weight excluding hydrogens is 186 g/mol. The number of nitrogens with one attached hydrogen (secondary N) is 1. The third kappa shape index (κ3) is 4.40. The summed E-state index contributed by atoms with van der Waals surface area (Å²) >= 11 is 0. The molecule has 1 aromatic rings. The van der Waals surface area contributed by atoms with Gasteiger partial charge in [-0.05, 0) is 30.5 Å². The topological polar surface area (TPSA) is 50.9 Å². The van der Waals surface area contributed by atoms with Crippen LogP contribution in [0.5, 0.6) is 0 Å². The van der Waals surface area contributed by atoms with Crippen molar-refractivity contribution < 1.29 is 0 Å². The molecule has 0 radical (unpaired) electrons. The molecule has 3 nitrogen and oxygen atoms in total. The van der Waals surface area contributed by atoms with Gasteiger partial charge in [0.1, 0.15) is 0 Å². The number of hydrogen-bond acceptors (Lipinski definition) is 3. The number of pyridine rings is 1. The largest absolute Gasteiger partial charge is 0.329 e. The summed E-state index contributed by atoms with van der Waals surface area (Å²) in [5, 5.41) is 3.46. The quantitative estimate of drug-likeness (QED) is 0.737. The molecule has 0 aliphatic heterocycles. The first-order valence-corrected chi connectivity index (χ1v) is 5.56. The second kappa shape index (κ2) is 6.53. The van der Waals surface area contributed by atoms with Crippen LogP contribution < -0.4 is 11.1 Å². The maximum atomic E-state index is 5.68. The van der Waals surface area contributed by atoms with Crippen LogP contribution in [0.3, 0.4) is 0 Å². The smallest absolute Gasteiger partial charge is 0.0300 e. The molecule has 0 bridgehead atoms. The van der Waals surface area contributed by atoms with Crippen molar-refractivity contribution in [1.29, 1.82) is 0 Å². The summed E-state index contributed by atoms with van der Waals surface area (Å²) in [5.41, 5.74) is 6.95. The highest BCUT2D eigenvalue weighted by atomic mass is 14.9. The van der Waals surface area contributed by atoms with Crippen LogP contribution in [0.25, 0.3) is 0 Å². The third-order valence-electron chi connectivity index (χ3n) is 2.60. The summed E-state index contributed by atoms with van der Waals surface area (Å²) in [6, 6.07) is 4.49. The summed E-state index contributed by atoms with van der Waals surface area (Å²) in [7, 11) is 0. The standard InChI is InChI=1S/C12H21N3/c1-10(2)12(8-13)15-7-5-11-4-3-6-14-9-11/h3-4,6,9-10,12,15H,5,7-8,13H2,1-2H3. The molecule has 0 spiro atoms. The molecule has 0 aliphatic carbocycles. The van der Waals surface area contributed by atoms with E-state index in [1.54, 1.807) is 6.20 Å². The van der Waals surface area contributed by atoms with Gasteiger partial charge in [-0.2, -0.15) is 0 Å². The Labute approximate surface area is 92.1 Å². The van der Waals surface area contributed by atoms with Crippen molar-refractivity contribution >= 4 is 0 Å². The van der Waals surface area contributed by atoms with Gasteiger partial charge in [0.05, 0.1) is 0 Å². The first kappa shape index (κ1) is 12.1. The van der Waals surface area contributed by atoms with Crippen molar-refractivity contribution in [2.75, 3.05) is 13.1 Å². The lowest BCUT2D eigenvalue weighted by Crippen LogP contribution is -2.41. The van der Waals surface area contributed by atoms with E-state index in [9.17, 15) is 0 Å². The van der Waals surface area contributed by atoms with Crippen LogP contribution in [-0.4, -0.2) is 24.1 Å². The van der Waals surface area contributed by atoms with E-state index in [4.69, 9.17) is 5.73 Å². The van der Waals surface area contributed by atoms with E-state index in [0.29, 0.717) is 18.5 Å². The number of aromatic nitrogens is 1. The Morgan fingerprint density at radius 2 is 2.27 bits per heavy atom. The van der Waals surface area contributed by atoms with E-state index in [1.165, 1.54) is 5.56 Å². The van der Waals surface area contributed by atoms with Crippen LogP contribution in [0.4, 0.5) is 0 Å². The maximum absolute atomic E-state index is 5.68. The highest BCUT2D eigenvalue weighted by Crippen LogP contribution is 2.00. The van der Waals surface area contributed by atoms with E-state index in [-0.39, 0.29) is 0 Å². The zero-order chi connectivity index (χ0) is 11.1. The van der Waals surface area contributed by atoms with E-state index >= 15 is 0 Å². The first-order chi connectivity index (χ1) is 7.24. The van der Waals surface area contributed by atoms with Crippen molar-refractivity contribution in [3.05, 3.63) is 30.1 Å². The molecule has 1 rings (SSSR count). The average molecular weight is 207 g/mol. The Morgan fingerprint density at radius 1 is 1.47 bits per heavy atom. The van der Waals surface area contributed by atoms with Crippen LogP contribution >= 0.6 is 0 Å². The summed E-state index contributed by atoms with van der Waals surface area (Å²) in [6.07, 6.45) is 4.72. The minimum Gasteiger partial charge on any atom is -0.329 e. The molecule has 1 atom stereocenters. The van der Waals surface area contributed by atoms with Crippen LogP contribution in [0.2, 0.25) is 0 Å². The fraction of sp³-hybridized carbons (Fsp3) is 0.583. The average Bonchev–Trinajstić information content (AvgIpc) is 2.25. The van der Waals surface area contributed by atoms with Crippen molar-refractivity contribution in [2.45, 2.75) is 26.3 Å². The van der Waals surface area contributed by atoms with Crippen LogP contribution in [0.15, 0.2) is 24.5 Å². The van der Waals surface area contributed by atoms with Gasteiger partial charge in [0.2, 0.25) is 0 Å². The molecule has 1 unspecified atom stereocenters. The van der Waals surface area contributed by atoms with Gasteiger partial charge in [-0.25, -0.2) is 0 Å². The Hall–Kier alpha value is -0.930. The zero-order valence-corrected chi connectivity index (χ0v) is 9.61. The summed E-state index contributed by atoms with van der Waals surface area (Å²) in [6.45, 7) is 6.04. The molecule has 0 fully saturated rings. The normalized spacial score (nSPS) is 13.1. The van der Waals surface area contributed by atoms with E-state index < -0.39 is 0 Å². The van der Waals surface area contributed by atoms with Crippen LogP contribution in [0, 0.1) is 5.92 Å². The van der Waals surface area contributed by atoms with Gasteiger partial charge < -0.3 is 11.1 Å². The lowest BCUT2D eigenvalue weighted by molar-refractivity contribution is 0.409. The minimum absolute atomic E-state index is 0.418. The molecule has 0 aromatic carbocycles. The lowest BCUT2D eigenvalue weighted by atomic mass is 10.0. The number of nitrogens with two attached hydrogens (primary N) is 1. The van der Waals surface area contributed by atoms with Crippen LogP contribution in [-0.2, 0) is 6.42 Å².